The highest BCUT2D eigenvalue weighted by Gasteiger charge is 2.56. The van der Waals surface area contributed by atoms with Crippen molar-refractivity contribution in [2.75, 3.05) is 29.4 Å². The molecule has 4 heterocycles. The molecule has 1 saturated carbocycles. The van der Waals surface area contributed by atoms with Crippen molar-refractivity contribution in [1.82, 2.24) is 14.5 Å². The van der Waals surface area contributed by atoms with Crippen LogP contribution in [0.25, 0.3) is 11.0 Å². The summed E-state index contributed by atoms with van der Waals surface area (Å²) in [5, 5.41) is 10.1. The van der Waals surface area contributed by atoms with Crippen LogP contribution in [0.2, 0.25) is 0 Å². The van der Waals surface area contributed by atoms with Crippen molar-refractivity contribution in [1.29, 1.82) is 0 Å². The van der Waals surface area contributed by atoms with E-state index in [-0.39, 0.29) is 0 Å². The third-order valence-corrected chi connectivity index (χ3v) is 6.35. The van der Waals surface area contributed by atoms with E-state index in [9.17, 15) is 4.79 Å². The molecule has 3 atom stereocenters. The van der Waals surface area contributed by atoms with Crippen LogP contribution in [0.3, 0.4) is 0 Å². The Hall–Kier alpha value is -2.31. The van der Waals surface area contributed by atoms with Crippen molar-refractivity contribution in [2.45, 2.75) is 25.8 Å². The van der Waals surface area contributed by atoms with Crippen LogP contribution in [0.4, 0.5) is 11.8 Å². The molecule has 0 radical (unpaired) electrons. The van der Waals surface area contributed by atoms with Crippen LogP contribution in [-0.2, 0) is 11.8 Å². The van der Waals surface area contributed by atoms with Gasteiger partial charge in [-0.3, -0.25) is 4.79 Å². The van der Waals surface area contributed by atoms with Gasteiger partial charge in [0.2, 0.25) is 5.95 Å². The third-order valence-electron chi connectivity index (χ3n) is 6.35. The zero-order chi connectivity index (χ0) is 17.3. The standard InChI is InChI=1S/C18H23N5O2/c1-10-3-6-23(10)18-19-16-11(4-5-21(16)2)17(20-18)22-8-13-12(7-15(24)25)14(13)9-22/h4-5,10,12-14H,3,6-9H2,1-2H3,(H,24,25). The summed E-state index contributed by atoms with van der Waals surface area (Å²) in [6, 6.07) is 2.59. The molecule has 0 bridgehead atoms. The summed E-state index contributed by atoms with van der Waals surface area (Å²) >= 11 is 0. The van der Waals surface area contributed by atoms with Gasteiger partial charge >= 0.3 is 5.97 Å². The number of piperidine rings is 1. The second-order valence-electron chi connectivity index (χ2n) is 7.84. The largest absolute Gasteiger partial charge is 0.481 e. The van der Waals surface area contributed by atoms with Crippen molar-refractivity contribution < 1.29 is 9.90 Å². The summed E-state index contributed by atoms with van der Waals surface area (Å²) in [5.41, 5.74) is 0.974. The molecule has 7 nitrogen and oxygen atoms in total. The lowest BCUT2D eigenvalue weighted by Gasteiger charge is -2.39. The van der Waals surface area contributed by atoms with Crippen molar-refractivity contribution in [3.8, 4) is 0 Å². The van der Waals surface area contributed by atoms with Crippen LogP contribution in [0.5, 0.6) is 0 Å². The van der Waals surface area contributed by atoms with Gasteiger partial charge in [-0.2, -0.15) is 9.97 Å². The summed E-state index contributed by atoms with van der Waals surface area (Å²) in [4.78, 5) is 25.3. The first-order valence-corrected chi connectivity index (χ1v) is 9.09. The first-order chi connectivity index (χ1) is 12.0. The summed E-state index contributed by atoms with van der Waals surface area (Å²) in [6.07, 6.45) is 3.54. The van der Waals surface area contributed by atoms with Crippen molar-refractivity contribution >= 4 is 28.8 Å². The van der Waals surface area contributed by atoms with E-state index in [2.05, 4.69) is 27.4 Å². The van der Waals surface area contributed by atoms with Crippen LogP contribution in [-0.4, -0.2) is 51.3 Å². The second-order valence-corrected chi connectivity index (χ2v) is 7.84. The Labute approximate surface area is 146 Å². The van der Waals surface area contributed by atoms with Gasteiger partial charge < -0.3 is 19.5 Å². The van der Waals surface area contributed by atoms with Gasteiger partial charge in [0.05, 0.1) is 5.39 Å². The maximum absolute atomic E-state index is 11.0. The van der Waals surface area contributed by atoms with Gasteiger partial charge in [0.15, 0.2) is 0 Å². The molecule has 0 spiro atoms. The van der Waals surface area contributed by atoms with E-state index in [4.69, 9.17) is 15.1 Å². The fourth-order valence-electron chi connectivity index (χ4n) is 4.62. The molecule has 3 fully saturated rings. The number of carboxylic acid groups (broad SMARTS) is 1. The third kappa shape index (κ3) is 2.21. The quantitative estimate of drug-likeness (QED) is 0.913. The van der Waals surface area contributed by atoms with E-state index in [1.807, 2.05) is 13.2 Å². The van der Waals surface area contributed by atoms with E-state index in [0.717, 1.165) is 42.4 Å². The van der Waals surface area contributed by atoms with Gasteiger partial charge in [0, 0.05) is 45.3 Å². The summed E-state index contributed by atoms with van der Waals surface area (Å²) < 4.78 is 2.05. The minimum absolute atomic E-state index is 0.310. The Morgan fingerprint density at radius 3 is 2.68 bits per heavy atom. The molecule has 132 valence electrons. The van der Waals surface area contributed by atoms with Crippen LogP contribution < -0.4 is 9.80 Å². The van der Waals surface area contributed by atoms with Gasteiger partial charge in [-0.25, -0.2) is 0 Å². The molecule has 1 N–H and O–H groups in total. The van der Waals surface area contributed by atoms with E-state index in [1.165, 1.54) is 6.42 Å². The molecular weight excluding hydrogens is 318 g/mol. The van der Waals surface area contributed by atoms with Gasteiger partial charge in [-0.15, -0.1) is 0 Å². The molecule has 0 aromatic carbocycles. The number of hydrogen-bond acceptors (Lipinski definition) is 5. The highest BCUT2D eigenvalue weighted by atomic mass is 16.4. The maximum atomic E-state index is 11.0. The van der Waals surface area contributed by atoms with Crippen LogP contribution in [0.1, 0.15) is 19.8 Å². The molecule has 3 aliphatic rings. The number of fused-ring (bicyclic) bond motifs is 2. The SMILES string of the molecule is CC1CCN1c1nc(N2CC3C(CC(=O)O)C3C2)c2ccn(C)c2n1. The van der Waals surface area contributed by atoms with Crippen molar-refractivity contribution in [2.24, 2.45) is 24.8 Å². The molecule has 3 unspecified atom stereocenters. The normalized spacial score (nSPS) is 30.5. The average molecular weight is 341 g/mol. The molecule has 1 aliphatic carbocycles. The maximum Gasteiger partial charge on any atom is 0.303 e. The minimum Gasteiger partial charge on any atom is -0.481 e. The lowest BCUT2D eigenvalue weighted by Crippen LogP contribution is -2.46. The van der Waals surface area contributed by atoms with E-state index in [1.54, 1.807) is 0 Å². The monoisotopic (exact) mass is 341 g/mol. The molecule has 0 amide bonds. The van der Waals surface area contributed by atoms with Crippen molar-refractivity contribution in [3.63, 3.8) is 0 Å². The summed E-state index contributed by atoms with van der Waals surface area (Å²) in [7, 11) is 2.02. The summed E-state index contributed by atoms with van der Waals surface area (Å²) in [5.74, 6) is 2.54. The van der Waals surface area contributed by atoms with Gasteiger partial charge in [0.1, 0.15) is 11.5 Å². The Kier molecular flexibility index (Phi) is 3.05. The fourth-order valence-corrected chi connectivity index (χ4v) is 4.62. The average Bonchev–Trinajstić information content (AvgIpc) is 2.91. The molecule has 7 heteroatoms. The number of aliphatic carboxylic acids is 1. The Bertz CT molecular complexity index is 851. The highest BCUT2D eigenvalue weighted by molar-refractivity contribution is 5.89. The first-order valence-electron chi connectivity index (χ1n) is 9.09. The molecule has 5 rings (SSSR count). The summed E-state index contributed by atoms with van der Waals surface area (Å²) in [6.45, 7) is 5.06. The second kappa shape index (κ2) is 5.09. The molecule has 2 aliphatic heterocycles. The Morgan fingerprint density at radius 1 is 1.32 bits per heavy atom. The molecule has 2 saturated heterocycles. The number of carboxylic acids is 1. The van der Waals surface area contributed by atoms with Crippen LogP contribution in [0, 0.1) is 17.8 Å². The predicted molar refractivity (Wildman–Crippen MR) is 94.9 cm³/mol. The van der Waals surface area contributed by atoms with Gasteiger partial charge in [0.25, 0.3) is 0 Å². The minimum atomic E-state index is -0.674. The molecular formula is C18H23N5O2. The molecule has 25 heavy (non-hydrogen) atoms. The number of anilines is 2. The Balaban J connectivity index is 1.46. The zero-order valence-corrected chi connectivity index (χ0v) is 14.6. The van der Waals surface area contributed by atoms with Gasteiger partial charge in [-0.1, -0.05) is 0 Å². The predicted octanol–water partition coefficient (Wildman–Crippen LogP) is 1.72. The molecule has 2 aromatic heterocycles. The van der Waals surface area contributed by atoms with Gasteiger partial charge in [-0.05, 0) is 37.2 Å². The fraction of sp³-hybridized carbons (Fsp3) is 0.611. The highest BCUT2D eigenvalue weighted by Crippen LogP contribution is 2.54. The van der Waals surface area contributed by atoms with Crippen molar-refractivity contribution in [3.05, 3.63) is 12.3 Å². The van der Waals surface area contributed by atoms with E-state index < -0.39 is 5.97 Å². The van der Waals surface area contributed by atoms with E-state index in [0.29, 0.717) is 30.2 Å². The number of nitrogens with zero attached hydrogens (tertiary/aromatic N) is 5. The first kappa shape index (κ1) is 15.0. The lowest BCUT2D eigenvalue weighted by molar-refractivity contribution is -0.137. The van der Waals surface area contributed by atoms with E-state index >= 15 is 0 Å². The Morgan fingerprint density at radius 2 is 2.08 bits per heavy atom. The number of aryl methyl sites for hydroxylation is 1. The van der Waals surface area contributed by atoms with Crippen LogP contribution >= 0.6 is 0 Å². The number of rotatable bonds is 4. The molecule has 2 aromatic rings. The topological polar surface area (TPSA) is 74.5 Å². The lowest BCUT2D eigenvalue weighted by atomic mass is 10.1. The number of aromatic nitrogens is 3. The number of carbonyl (C=O) groups is 1. The zero-order valence-electron chi connectivity index (χ0n) is 14.6. The van der Waals surface area contributed by atoms with Crippen LogP contribution in [0.15, 0.2) is 12.3 Å². The number of hydrogen-bond donors (Lipinski definition) is 1. The smallest absolute Gasteiger partial charge is 0.303 e.